The molecule has 22 heavy (non-hydrogen) atoms. The zero-order chi connectivity index (χ0) is 15.4. The molecule has 3 rings (SSSR count). The molecule has 0 bridgehead atoms. The summed E-state index contributed by atoms with van der Waals surface area (Å²) < 4.78 is 0. The van der Waals surface area contributed by atoms with Crippen molar-refractivity contribution in [2.24, 2.45) is 0 Å². The van der Waals surface area contributed by atoms with Crippen LogP contribution in [0.5, 0.6) is 0 Å². The van der Waals surface area contributed by atoms with Crippen LogP contribution in [0.4, 0.5) is 5.82 Å². The largest absolute Gasteiger partial charge is 0.356 e. The first-order chi connectivity index (χ1) is 10.8. The Morgan fingerprint density at radius 3 is 2.55 bits per heavy atom. The smallest absolute Gasteiger partial charge is 0.219 e. The second kappa shape index (κ2) is 7.12. The van der Waals surface area contributed by atoms with Gasteiger partial charge in [-0.05, 0) is 38.2 Å². The predicted molar refractivity (Wildman–Crippen MR) is 88.9 cm³/mol. The minimum absolute atomic E-state index is 0.190. The van der Waals surface area contributed by atoms with E-state index < -0.39 is 0 Å². The summed E-state index contributed by atoms with van der Waals surface area (Å²) in [6, 6.07) is 4.40. The van der Waals surface area contributed by atoms with Crippen molar-refractivity contribution in [1.82, 2.24) is 9.88 Å². The van der Waals surface area contributed by atoms with E-state index >= 15 is 0 Å². The number of anilines is 1. The van der Waals surface area contributed by atoms with Gasteiger partial charge >= 0.3 is 0 Å². The molecule has 1 aromatic rings. The van der Waals surface area contributed by atoms with Gasteiger partial charge in [-0.3, -0.25) is 4.79 Å². The number of aromatic nitrogens is 1. The highest BCUT2D eigenvalue weighted by Crippen LogP contribution is 2.36. The molecule has 0 N–H and O–H groups in total. The second-order valence-electron chi connectivity index (χ2n) is 6.54. The third kappa shape index (κ3) is 3.26. The van der Waals surface area contributed by atoms with Crippen molar-refractivity contribution < 1.29 is 4.79 Å². The summed E-state index contributed by atoms with van der Waals surface area (Å²) in [5, 5.41) is 0. The average molecular weight is 301 g/mol. The highest BCUT2D eigenvalue weighted by molar-refractivity contribution is 5.74. The number of pyridine rings is 1. The van der Waals surface area contributed by atoms with Gasteiger partial charge in [0.1, 0.15) is 5.82 Å². The molecule has 120 valence electrons. The summed E-state index contributed by atoms with van der Waals surface area (Å²) in [4.78, 5) is 21.2. The molecule has 4 nitrogen and oxygen atoms in total. The van der Waals surface area contributed by atoms with Crippen LogP contribution in [0.25, 0.3) is 0 Å². The number of nitrogens with zero attached hydrogens (tertiary/aromatic N) is 3. The van der Waals surface area contributed by atoms with Crippen LogP contribution in [0.1, 0.15) is 63.5 Å². The van der Waals surface area contributed by atoms with Crippen molar-refractivity contribution in [1.29, 1.82) is 0 Å². The van der Waals surface area contributed by atoms with E-state index in [2.05, 4.69) is 11.0 Å². The van der Waals surface area contributed by atoms with Gasteiger partial charge in [0.15, 0.2) is 0 Å². The Hall–Kier alpha value is -1.58. The van der Waals surface area contributed by atoms with Gasteiger partial charge in [-0.1, -0.05) is 18.9 Å². The summed E-state index contributed by atoms with van der Waals surface area (Å²) in [5.41, 5.74) is 1.25. The molecule has 0 aliphatic carbocycles. The summed E-state index contributed by atoms with van der Waals surface area (Å²) in [7, 11) is 0. The van der Waals surface area contributed by atoms with Crippen molar-refractivity contribution in [3.63, 3.8) is 0 Å². The van der Waals surface area contributed by atoms with Gasteiger partial charge in [0, 0.05) is 38.3 Å². The number of carbonyl (C=O) groups is 1. The van der Waals surface area contributed by atoms with Gasteiger partial charge in [0.2, 0.25) is 5.91 Å². The van der Waals surface area contributed by atoms with Crippen LogP contribution in [-0.2, 0) is 4.79 Å². The Kier molecular flexibility index (Phi) is 4.96. The molecule has 2 aliphatic rings. The number of rotatable bonds is 2. The molecule has 3 heterocycles. The van der Waals surface area contributed by atoms with Gasteiger partial charge in [-0.15, -0.1) is 0 Å². The summed E-state index contributed by atoms with van der Waals surface area (Å²) in [6.07, 6.45) is 10.4. The molecule has 1 amide bonds. The van der Waals surface area contributed by atoms with E-state index in [-0.39, 0.29) is 11.9 Å². The van der Waals surface area contributed by atoms with E-state index in [0.717, 1.165) is 38.3 Å². The Morgan fingerprint density at radius 2 is 1.82 bits per heavy atom. The lowest BCUT2D eigenvalue weighted by Gasteiger charge is -2.37. The molecule has 0 radical (unpaired) electrons. The van der Waals surface area contributed by atoms with Crippen LogP contribution < -0.4 is 4.90 Å². The minimum atomic E-state index is 0.190. The fourth-order valence-corrected chi connectivity index (χ4v) is 3.85. The van der Waals surface area contributed by atoms with Crippen molar-refractivity contribution in [2.45, 2.75) is 57.9 Å². The topological polar surface area (TPSA) is 36.4 Å². The third-order valence-corrected chi connectivity index (χ3v) is 4.99. The Labute approximate surface area is 133 Å². The second-order valence-corrected chi connectivity index (χ2v) is 6.54. The van der Waals surface area contributed by atoms with Crippen molar-refractivity contribution in [3.8, 4) is 0 Å². The maximum Gasteiger partial charge on any atom is 0.219 e. The van der Waals surface area contributed by atoms with Crippen LogP contribution in [0.2, 0.25) is 0 Å². The van der Waals surface area contributed by atoms with E-state index in [9.17, 15) is 4.79 Å². The first-order valence-corrected chi connectivity index (χ1v) is 8.74. The number of hydrogen-bond donors (Lipinski definition) is 0. The molecule has 2 saturated heterocycles. The number of amides is 1. The third-order valence-electron chi connectivity index (χ3n) is 4.99. The van der Waals surface area contributed by atoms with Gasteiger partial charge in [0.05, 0.1) is 6.04 Å². The molecule has 4 heteroatoms. The van der Waals surface area contributed by atoms with Crippen molar-refractivity contribution in [2.75, 3.05) is 24.5 Å². The molecule has 2 fully saturated rings. The number of likely N-dealkylation sites (tertiary alicyclic amines) is 1. The van der Waals surface area contributed by atoms with E-state index in [1.165, 1.54) is 37.7 Å². The first kappa shape index (κ1) is 15.3. The number of carbonyl (C=O) groups excluding carboxylic acids is 1. The molecule has 2 aliphatic heterocycles. The lowest BCUT2D eigenvalue weighted by atomic mass is 9.95. The molecule has 1 atom stereocenters. The van der Waals surface area contributed by atoms with Gasteiger partial charge in [0.25, 0.3) is 0 Å². The highest BCUT2D eigenvalue weighted by atomic mass is 16.2. The maximum absolute atomic E-state index is 12.0. The summed E-state index contributed by atoms with van der Waals surface area (Å²) in [6.45, 7) is 4.77. The van der Waals surface area contributed by atoms with Crippen LogP contribution in [0.15, 0.2) is 18.3 Å². The van der Waals surface area contributed by atoms with Crippen LogP contribution >= 0.6 is 0 Å². The molecule has 0 aromatic carbocycles. The maximum atomic E-state index is 12.0. The molecule has 1 aromatic heterocycles. The van der Waals surface area contributed by atoms with E-state index in [4.69, 9.17) is 4.98 Å². The summed E-state index contributed by atoms with van der Waals surface area (Å²) in [5.74, 6) is 1.30. The standard InChI is InChI=1S/C18H27N3O/c1-15(22)21-14-7-4-10-17(21)16-9-8-11-19-18(16)20-12-5-2-3-6-13-20/h8-9,11,17H,2-7,10,12-14H2,1H3. The van der Waals surface area contributed by atoms with E-state index in [1.807, 2.05) is 17.2 Å². The summed E-state index contributed by atoms with van der Waals surface area (Å²) >= 11 is 0. The SMILES string of the molecule is CC(=O)N1CCCCC1c1cccnc1N1CCCCCC1. The molecule has 1 unspecified atom stereocenters. The molecule has 0 saturated carbocycles. The lowest BCUT2D eigenvalue weighted by Crippen LogP contribution is -2.38. The molecular weight excluding hydrogens is 274 g/mol. The average Bonchev–Trinajstić information content (AvgIpc) is 2.84. The molecular formula is C18H27N3O. The van der Waals surface area contributed by atoms with Crippen molar-refractivity contribution in [3.05, 3.63) is 23.9 Å². The molecule has 0 spiro atoms. The lowest BCUT2D eigenvalue weighted by molar-refractivity contribution is -0.132. The zero-order valence-corrected chi connectivity index (χ0v) is 13.6. The Morgan fingerprint density at radius 1 is 1.09 bits per heavy atom. The highest BCUT2D eigenvalue weighted by Gasteiger charge is 2.29. The minimum Gasteiger partial charge on any atom is -0.356 e. The predicted octanol–water partition coefficient (Wildman–Crippen LogP) is 3.54. The number of hydrogen-bond acceptors (Lipinski definition) is 3. The number of piperidine rings is 1. The normalized spacial score (nSPS) is 23.2. The fourth-order valence-electron chi connectivity index (χ4n) is 3.85. The van der Waals surface area contributed by atoms with Crippen LogP contribution in [0.3, 0.4) is 0 Å². The van der Waals surface area contributed by atoms with Crippen LogP contribution in [0, 0.1) is 0 Å². The van der Waals surface area contributed by atoms with Crippen LogP contribution in [-0.4, -0.2) is 35.4 Å². The fraction of sp³-hybridized carbons (Fsp3) is 0.667. The van der Waals surface area contributed by atoms with E-state index in [0.29, 0.717) is 0 Å². The van der Waals surface area contributed by atoms with Gasteiger partial charge < -0.3 is 9.80 Å². The monoisotopic (exact) mass is 301 g/mol. The van der Waals surface area contributed by atoms with Gasteiger partial charge in [-0.25, -0.2) is 4.98 Å². The zero-order valence-electron chi connectivity index (χ0n) is 13.6. The quantitative estimate of drug-likeness (QED) is 0.838. The Balaban J connectivity index is 1.90. The van der Waals surface area contributed by atoms with Crippen molar-refractivity contribution >= 4 is 11.7 Å². The van der Waals surface area contributed by atoms with E-state index in [1.54, 1.807) is 6.92 Å². The first-order valence-electron chi connectivity index (χ1n) is 8.74. The Bertz CT molecular complexity index is 509. The van der Waals surface area contributed by atoms with Gasteiger partial charge in [-0.2, -0.15) is 0 Å².